The molecule has 0 saturated carbocycles. The van der Waals surface area contributed by atoms with Gasteiger partial charge in [-0.05, 0) is 19.9 Å². The maximum atomic E-state index is 10.9. The van der Waals surface area contributed by atoms with Gasteiger partial charge in [0.25, 0.3) is 0 Å². The summed E-state index contributed by atoms with van der Waals surface area (Å²) in [6.45, 7) is 3.43. The van der Waals surface area contributed by atoms with E-state index in [4.69, 9.17) is 9.84 Å². The van der Waals surface area contributed by atoms with Crippen molar-refractivity contribution in [2.24, 2.45) is 0 Å². The Morgan fingerprint density at radius 1 is 1.56 bits per heavy atom. The molecule has 6 heteroatoms. The first-order valence-corrected chi connectivity index (χ1v) is 5.42. The molecule has 6 nitrogen and oxygen atoms in total. The third-order valence-corrected chi connectivity index (χ3v) is 2.30. The van der Waals surface area contributed by atoms with E-state index < -0.39 is 11.6 Å². The lowest BCUT2D eigenvalue weighted by Crippen LogP contribution is -2.27. The number of carbonyl (C=O) groups is 1. The molecule has 2 aromatic heterocycles. The fraction of sp³-hybridized carbons (Fsp3) is 0.333. The summed E-state index contributed by atoms with van der Waals surface area (Å²) in [4.78, 5) is 14.9. The Balaban J connectivity index is 2.26. The van der Waals surface area contributed by atoms with Gasteiger partial charge in [0.2, 0.25) is 0 Å². The van der Waals surface area contributed by atoms with Crippen molar-refractivity contribution >= 4 is 11.6 Å². The highest BCUT2D eigenvalue weighted by atomic mass is 16.5. The zero-order valence-electron chi connectivity index (χ0n) is 10.1. The lowest BCUT2D eigenvalue weighted by Gasteiger charge is -2.17. The molecule has 0 aromatic carbocycles. The van der Waals surface area contributed by atoms with Crippen LogP contribution in [0.15, 0.2) is 24.5 Å². The number of imidazole rings is 1. The van der Waals surface area contributed by atoms with E-state index in [0.29, 0.717) is 11.4 Å². The molecule has 2 aromatic rings. The molecule has 0 aliphatic carbocycles. The molecule has 0 amide bonds. The number of fused-ring (bicyclic) bond motifs is 1. The Bertz CT molecular complexity index is 583. The number of pyridine rings is 1. The number of carboxylic acids is 1. The van der Waals surface area contributed by atoms with Crippen LogP contribution in [0.5, 0.6) is 5.75 Å². The van der Waals surface area contributed by atoms with Gasteiger partial charge in [-0.3, -0.25) is 4.40 Å². The summed E-state index contributed by atoms with van der Waals surface area (Å²) in [6.07, 6.45) is 2.86. The first-order valence-electron chi connectivity index (χ1n) is 5.42. The summed E-state index contributed by atoms with van der Waals surface area (Å²) in [6, 6.07) is 3.26. The van der Waals surface area contributed by atoms with E-state index in [1.165, 1.54) is 10.6 Å². The van der Waals surface area contributed by atoms with Gasteiger partial charge in [0.1, 0.15) is 18.0 Å². The first-order chi connectivity index (χ1) is 8.37. The number of aromatic carboxylic acids is 1. The van der Waals surface area contributed by atoms with Gasteiger partial charge in [-0.2, -0.15) is 0 Å². The highest BCUT2D eigenvalue weighted by molar-refractivity contribution is 5.86. The third kappa shape index (κ3) is 2.60. The SMILES string of the molecule is CC(C)(O)COc1ccn2c(C(=O)O)cnc2c1. The maximum absolute atomic E-state index is 10.9. The second-order valence-electron chi connectivity index (χ2n) is 4.64. The molecule has 0 spiro atoms. The lowest BCUT2D eigenvalue weighted by atomic mass is 10.2. The van der Waals surface area contributed by atoms with Crippen molar-refractivity contribution in [1.29, 1.82) is 0 Å². The van der Waals surface area contributed by atoms with E-state index in [9.17, 15) is 9.90 Å². The Kier molecular flexibility index (Phi) is 2.96. The quantitative estimate of drug-likeness (QED) is 0.851. The normalized spacial score (nSPS) is 11.7. The van der Waals surface area contributed by atoms with Crippen LogP contribution in [0.2, 0.25) is 0 Å². The molecular formula is C12H14N2O4. The van der Waals surface area contributed by atoms with Crippen molar-refractivity contribution in [3.63, 3.8) is 0 Å². The van der Waals surface area contributed by atoms with E-state index in [2.05, 4.69) is 4.98 Å². The van der Waals surface area contributed by atoms with E-state index in [0.717, 1.165) is 0 Å². The minimum absolute atomic E-state index is 0.0963. The smallest absolute Gasteiger partial charge is 0.354 e. The largest absolute Gasteiger partial charge is 0.490 e. The molecule has 0 aliphatic heterocycles. The third-order valence-electron chi connectivity index (χ3n) is 2.30. The van der Waals surface area contributed by atoms with Crippen LogP contribution in [0.4, 0.5) is 0 Å². The highest BCUT2D eigenvalue weighted by Gasteiger charge is 2.14. The number of aromatic nitrogens is 2. The summed E-state index contributed by atoms with van der Waals surface area (Å²) >= 11 is 0. The van der Waals surface area contributed by atoms with Crippen molar-refractivity contribution in [3.8, 4) is 5.75 Å². The monoisotopic (exact) mass is 250 g/mol. The van der Waals surface area contributed by atoms with Gasteiger partial charge in [-0.25, -0.2) is 9.78 Å². The van der Waals surface area contributed by atoms with Crippen molar-refractivity contribution in [1.82, 2.24) is 9.38 Å². The molecule has 0 unspecified atom stereocenters. The first kappa shape index (κ1) is 12.4. The van der Waals surface area contributed by atoms with Crippen LogP contribution in [0.25, 0.3) is 5.65 Å². The molecule has 0 bridgehead atoms. The van der Waals surface area contributed by atoms with Gasteiger partial charge < -0.3 is 14.9 Å². The van der Waals surface area contributed by atoms with Crippen LogP contribution in [-0.2, 0) is 0 Å². The predicted molar refractivity (Wildman–Crippen MR) is 63.9 cm³/mol. The summed E-state index contributed by atoms with van der Waals surface area (Å²) in [5.74, 6) is -0.500. The molecule has 0 aliphatic rings. The van der Waals surface area contributed by atoms with Crippen molar-refractivity contribution in [2.45, 2.75) is 19.4 Å². The predicted octanol–water partition coefficient (Wildman–Crippen LogP) is 1.18. The van der Waals surface area contributed by atoms with Crippen LogP contribution in [0.3, 0.4) is 0 Å². The number of hydrogen-bond donors (Lipinski definition) is 2. The molecule has 0 saturated heterocycles. The number of rotatable bonds is 4. The lowest BCUT2D eigenvalue weighted by molar-refractivity contribution is 0.0285. The maximum Gasteiger partial charge on any atom is 0.354 e. The number of nitrogens with zero attached hydrogens (tertiary/aromatic N) is 2. The molecule has 2 N–H and O–H groups in total. The minimum Gasteiger partial charge on any atom is -0.490 e. The number of ether oxygens (including phenoxy) is 1. The van der Waals surface area contributed by atoms with Gasteiger partial charge in [0, 0.05) is 12.3 Å². The molecule has 0 atom stereocenters. The molecule has 2 rings (SSSR count). The topological polar surface area (TPSA) is 84.1 Å². The van der Waals surface area contributed by atoms with Crippen molar-refractivity contribution < 1.29 is 19.7 Å². The van der Waals surface area contributed by atoms with Crippen LogP contribution < -0.4 is 4.74 Å². The van der Waals surface area contributed by atoms with Crippen LogP contribution >= 0.6 is 0 Å². The van der Waals surface area contributed by atoms with Gasteiger partial charge in [0.05, 0.1) is 11.8 Å². The fourth-order valence-electron chi connectivity index (χ4n) is 1.47. The van der Waals surface area contributed by atoms with Crippen LogP contribution in [-0.4, -0.2) is 37.8 Å². The Morgan fingerprint density at radius 2 is 2.28 bits per heavy atom. The number of aliphatic hydroxyl groups is 1. The van der Waals surface area contributed by atoms with E-state index in [-0.39, 0.29) is 12.3 Å². The number of hydrogen-bond acceptors (Lipinski definition) is 4. The van der Waals surface area contributed by atoms with Crippen molar-refractivity contribution in [3.05, 3.63) is 30.2 Å². The fourth-order valence-corrected chi connectivity index (χ4v) is 1.47. The molecule has 0 radical (unpaired) electrons. The molecule has 0 fully saturated rings. The summed E-state index contributed by atoms with van der Waals surface area (Å²) in [7, 11) is 0. The average Bonchev–Trinajstić information content (AvgIpc) is 2.68. The van der Waals surface area contributed by atoms with E-state index in [1.807, 2.05) is 0 Å². The summed E-state index contributed by atoms with van der Waals surface area (Å²) in [5, 5.41) is 18.5. The standard InChI is InChI=1S/C12H14N2O4/c1-12(2,17)7-18-8-3-4-14-9(11(15)16)6-13-10(14)5-8/h3-6,17H,7H2,1-2H3,(H,15,16). The molecule has 2 heterocycles. The summed E-state index contributed by atoms with van der Waals surface area (Å²) in [5.41, 5.74) is -0.340. The van der Waals surface area contributed by atoms with E-state index >= 15 is 0 Å². The number of carboxylic acid groups (broad SMARTS) is 1. The van der Waals surface area contributed by atoms with E-state index in [1.54, 1.807) is 32.2 Å². The van der Waals surface area contributed by atoms with Crippen LogP contribution in [0.1, 0.15) is 24.3 Å². The second-order valence-corrected chi connectivity index (χ2v) is 4.64. The Hall–Kier alpha value is -2.08. The Labute approximate surface area is 103 Å². The second kappa shape index (κ2) is 4.30. The Morgan fingerprint density at radius 3 is 2.89 bits per heavy atom. The average molecular weight is 250 g/mol. The molecular weight excluding hydrogens is 236 g/mol. The minimum atomic E-state index is -1.03. The van der Waals surface area contributed by atoms with Crippen molar-refractivity contribution in [2.75, 3.05) is 6.61 Å². The van der Waals surface area contributed by atoms with Gasteiger partial charge >= 0.3 is 5.97 Å². The van der Waals surface area contributed by atoms with Crippen LogP contribution in [0, 0.1) is 0 Å². The van der Waals surface area contributed by atoms with Gasteiger partial charge in [-0.1, -0.05) is 0 Å². The van der Waals surface area contributed by atoms with Gasteiger partial charge in [0.15, 0.2) is 5.69 Å². The zero-order chi connectivity index (χ0) is 13.3. The molecule has 18 heavy (non-hydrogen) atoms. The summed E-state index contributed by atoms with van der Waals surface area (Å²) < 4.78 is 6.86. The zero-order valence-corrected chi connectivity index (χ0v) is 10.1. The molecule has 96 valence electrons. The highest BCUT2D eigenvalue weighted by Crippen LogP contribution is 2.17. The van der Waals surface area contributed by atoms with Gasteiger partial charge in [-0.15, -0.1) is 0 Å².